The Labute approximate surface area is 186 Å². The minimum Gasteiger partial charge on any atom is -0.507 e. The van der Waals surface area contributed by atoms with E-state index in [1.165, 1.54) is 30.3 Å². The summed E-state index contributed by atoms with van der Waals surface area (Å²) in [6, 6.07) is 15.7. The third-order valence-electron chi connectivity index (χ3n) is 4.60. The van der Waals surface area contributed by atoms with Crippen LogP contribution in [0.1, 0.15) is 15.9 Å². The number of oxazole rings is 1. The van der Waals surface area contributed by atoms with E-state index in [0.717, 1.165) is 5.56 Å². The zero-order chi connectivity index (χ0) is 22.8. The largest absolute Gasteiger partial charge is 0.507 e. The van der Waals surface area contributed by atoms with Crippen molar-refractivity contribution in [1.82, 2.24) is 10.3 Å². The second-order valence-electron chi connectivity index (χ2n) is 6.90. The number of aromatic nitrogens is 1. The average molecular weight is 448 g/mol. The van der Waals surface area contributed by atoms with Crippen LogP contribution in [0.4, 0.5) is 11.4 Å². The number of para-hydroxylation sites is 1. The molecule has 0 radical (unpaired) electrons. The maximum atomic E-state index is 12.4. The van der Waals surface area contributed by atoms with E-state index in [-0.39, 0.29) is 28.0 Å². The maximum absolute atomic E-state index is 12.4. The van der Waals surface area contributed by atoms with E-state index in [4.69, 9.17) is 16.6 Å². The predicted molar refractivity (Wildman–Crippen MR) is 123 cm³/mol. The smallest absolute Gasteiger partial charge is 0.282 e. The summed E-state index contributed by atoms with van der Waals surface area (Å²) in [7, 11) is 0. The normalized spacial score (nSPS) is 10.7. The molecule has 1 aromatic heterocycles. The number of hydrogen-bond donors (Lipinski definition) is 3. The lowest BCUT2D eigenvalue weighted by Gasteiger charge is -2.11. The number of nitro benzene ring substituents is 1. The first-order chi connectivity index (χ1) is 15.3. The zero-order valence-electron chi connectivity index (χ0n) is 16.7. The number of nitrogens with one attached hydrogen (secondary N) is 2. The van der Waals surface area contributed by atoms with Crippen molar-refractivity contribution in [1.29, 1.82) is 0 Å². The first kappa shape index (κ1) is 20.9. The van der Waals surface area contributed by atoms with Crippen LogP contribution in [-0.2, 0) is 0 Å². The summed E-state index contributed by atoms with van der Waals surface area (Å²) in [4.78, 5) is 27.3. The number of nitro groups is 1. The highest BCUT2D eigenvalue weighted by molar-refractivity contribution is 7.80. The molecule has 0 unspecified atom stereocenters. The standard InChI is InChI=1S/C22H16N4O5S/c1-12-6-8-16-19(10-12)31-21(24-16)15-11-13(7-9-18(15)27)23-22(32)25-20(28)14-4-2-3-5-17(14)26(29)30/h2-11,27H,1H3,(H2,23,25,28,32). The van der Waals surface area contributed by atoms with E-state index in [0.29, 0.717) is 22.4 Å². The van der Waals surface area contributed by atoms with Crippen LogP contribution in [0.2, 0.25) is 0 Å². The van der Waals surface area contributed by atoms with Crippen LogP contribution in [-0.4, -0.2) is 26.0 Å². The van der Waals surface area contributed by atoms with Gasteiger partial charge in [-0.05, 0) is 61.1 Å². The van der Waals surface area contributed by atoms with Gasteiger partial charge < -0.3 is 14.8 Å². The number of hydrogen-bond acceptors (Lipinski definition) is 7. The number of rotatable bonds is 4. The van der Waals surface area contributed by atoms with Gasteiger partial charge in [-0.3, -0.25) is 20.2 Å². The van der Waals surface area contributed by atoms with Gasteiger partial charge in [-0.25, -0.2) is 4.98 Å². The quantitative estimate of drug-likeness (QED) is 0.179. The zero-order valence-corrected chi connectivity index (χ0v) is 17.5. The average Bonchev–Trinajstić information content (AvgIpc) is 3.17. The predicted octanol–water partition coefficient (Wildman–Crippen LogP) is 4.54. The maximum Gasteiger partial charge on any atom is 0.282 e. The number of amides is 1. The first-order valence-corrected chi connectivity index (χ1v) is 9.79. The molecule has 160 valence electrons. The Hall–Kier alpha value is -4.31. The Morgan fingerprint density at radius 3 is 2.72 bits per heavy atom. The summed E-state index contributed by atoms with van der Waals surface area (Å²) >= 11 is 5.17. The Morgan fingerprint density at radius 2 is 1.94 bits per heavy atom. The van der Waals surface area contributed by atoms with Crippen molar-refractivity contribution in [2.24, 2.45) is 0 Å². The number of carbonyl (C=O) groups excluding carboxylic acids is 1. The topological polar surface area (TPSA) is 131 Å². The lowest BCUT2D eigenvalue weighted by atomic mass is 10.1. The minimum atomic E-state index is -0.719. The van der Waals surface area contributed by atoms with Gasteiger partial charge >= 0.3 is 0 Å². The molecular weight excluding hydrogens is 432 g/mol. The molecule has 3 N–H and O–H groups in total. The number of aryl methyl sites for hydroxylation is 1. The Kier molecular flexibility index (Phi) is 5.52. The number of benzene rings is 3. The van der Waals surface area contributed by atoms with Crippen molar-refractivity contribution in [2.75, 3.05) is 5.32 Å². The molecule has 0 aliphatic carbocycles. The number of nitrogens with zero attached hydrogens (tertiary/aromatic N) is 2. The van der Waals surface area contributed by atoms with Crippen LogP contribution in [0.5, 0.6) is 5.75 Å². The van der Waals surface area contributed by atoms with Crippen LogP contribution in [0.3, 0.4) is 0 Å². The van der Waals surface area contributed by atoms with Gasteiger partial charge in [0.1, 0.15) is 16.8 Å². The van der Waals surface area contributed by atoms with E-state index < -0.39 is 10.8 Å². The molecule has 0 aliphatic rings. The Morgan fingerprint density at radius 1 is 1.16 bits per heavy atom. The van der Waals surface area contributed by atoms with Gasteiger partial charge in [-0.15, -0.1) is 0 Å². The number of carbonyl (C=O) groups is 1. The fourth-order valence-corrected chi connectivity index (χ4v) is 3.30. The summed E-state index contributed by atoms with van der Waals surface area (Å²) in [6.07, 6.45) is 0. The van der Waals surface area contributed by atoms with Gasteiger partial charge in [0, 0.05) is 11.8 Å². The molecule has 10 heteroatoms. The monoisotopic (exact) mass is 448 g/mol. The van der Waals surface area contributed by atoms with Crippen molar-refractivity contribution in [2.45, 2.75) is 6.92 Å². The number of phenolic OH excluding ortho intramolecular Hbond substituents is 1. The summed E-state index contributed by atoms with van der Waals surface area (Å²) in [5.74, 6) is -0.543. The number of phenols is 1. The van der Waals surface area contributed by atoms with Crippen LogP contribution in [0.25, 0.3) is 22.6 Å². The van der Waals surface area contributed by atoms with Crippen LogP contribution < -0.4 is 10.6 Å². The van der Waals surface area contributed by atoms with Gasteiger partial charge in [0.25, 0.3) is 11.6 Å². The van der Waals surface area contributed by atoms with Gasteiger partial charge in [-0.1, -0.05) is 18.2 Å². The van der Waals surface area contributed by atoms with Gasteiger partial charge in [0.2, 0.25) is 5.89 Å². The van der Waals surface area contributed by atoms with E-state index in [2.05, 4.69) is 15.6 Å². The highest BCUT2D eigenvalue weighted by Crippen LogP contribution is 2.33. The number of fused-ring (bicyclic) bond motifs is 1. The lowest BCUT2D eigenvalue weighted by molar-refractivity contribution is -0.385. The molecule has 0 spiro atoms. The second kappa shape index (κ2) is 8.44. The summed E-state index contributed by atoms with van der Waals surface area (Å²) in [5, 5.41) is 26.6. The fourth-order valence-electron chi connectivity index (χ4n) is 3.09. The molecule has 1 amide bonds. The van der Waals surface area contributed by atoms with E-state index in [1.807, 2.05) is 25.1 Å². The molecule has 1 heterocycles. The third-order valence-corrected chi connectivity index (χ3v) is 4.81. The van der Waals surface area contributed by atoms with Crippen molar-refractivity contribution < 1.29 is 19.2 Å². The van der Waals surface area contributed by atoms with Crippen molar-refractivity contribution in [3.05, 3.63) is 81.9 Å². The summed E-state index contributed by atoms with van der Waals surface area (Å²) < 4.78 is 5.77. The minimum absolute atomic E-state index is 0.0475. The van der Waals surface area contributed by atoms with Crippen molar-refractivity contribution in [3.8, 4) is 17.2 Å². The molecule has 32 heavy (non-hydrogen) atoms. The molecule has 0 bridgehead atoms. The van der Waals surface area contributed by atoms with Crippen LogP contribution in [0, 0.1) is 17.0 Å². The molecule has 0 saturated carbocycles. The van der Waals surface area contributed by atoms with Gasteiger partial charge in [0.05, 0.1) is 10.5 Å². The van der Waals surface area contributed by atoms with Crippen molar-refractivity contribution >= 4 is 45.7 Å². The number of thiocarbonyl (C=S) groups is 1. The molecule has 3 aromatic carbocycles. The van der Waals surface area contributed by atoms with Gasteiger partial charge in [0.15, 0.2) is 10.7 Å². The molecule has 4 aromatic rings. The molecular formula is C22H16N4O5S. The Balaban J connectivity index is 1.54. The Bertz CT molecular complexity index is 1380. The molecule has 0 aliphatic heterocycles. The molecule has 0 atom stereocenters. The summed E-state index contributed by atoms with van der Waals surface area (Å²) in [5.41, 5.74) is 2.58. The fraction of sp³-hybridized carbons (Fsp3) is 0.0455. The van der Waals surface area contributed by atoms with E-state index in [9.17, 15) is 20.0 Å². The molecule has 9 nitrogen and oxygen atoms in total. The van der Waals surface area contributed by atoms with Crippen molar-refractivity contribution in [3.63, 3.8) is 0 Å². The van der Waals surface area contributed by atoms with E-state index in [1.54, 1.807) is 12.1 Å². The van der Waals surface area contributed by atoms with Gasteiger partial charge in [-0.2, -0.15) is 0 Å². The number of aromatic hydroxyl groups is 1. The lowest BCUT2D eigenvalue weighted by Crippen LogP contribution is -2.34. The summed E-state index contributed by atoms with van der Waals surface area (Å²) in [6.45, 7) is 1.93. The highest BCUT2D eigenvalue weighted by Gasteiger charge is 2.20. The molecule has 4 rings (SSSR count). The second-order valence-corrected chi connectivity index (χ2v) is 7.31. The molecule has 0 saturated heterocycles. The van der Waals surface area contributed by atoms with Crippen LogP contribution in [0.15, 0.2) is 65.1 Å². The number of anilines is 1. The molecule has 0 fully saturated rings. The third kappa shape index (κ3) is 4.25. The first-order valence-electron chi connectivity index (χ1n) is 9.38. The highest BCUT2D eigenvalue weighted by atomic mass is 32.1. The SMILES string of the molecule is Cc1ccc2nc(-c3cc(NC(=S)NC(=O)c4ccccc4[N+](=O)[O-])ccc3O)oc2c1. The van der Waals surface area contributed by atoms with Crippen LogP contribution >= 0.6 is 12.2 Å². The van der Waals surface area contributed by atoms with E-state index >= 15 is 0 Å².